The summed E-state index contributed by atoms with van der Waals surface area (Å²) in [5, 5.41) is 0.832. The van der Waals surface area contributed by atoms with Crippen LogP contribution in [0.25, 0.3) is 6.08 Å². The van der Waals surface area contributed by atoms with Crippen LogP contribution in [0.5, 0.6) is 0 Å². The highest BCUT2D eigenvalue weighted by atomic mass is 79.9. The smallest absolute Gasteiger partial charge is 0.150 e. The second-order valence-electron chi connectivity index (χ2n) is 2.34. The number of benzene rings is 1. The normalized spacial score (nSPS) is 10.4. The van der Waals surface area contributed by atoms with Gasteiger partial charge in [-0.3, -0.25) is 4.79 Å². The quantitative estimate of drug-likeness (QED) is 0.571. The molecule has 0 unspecified atom stereocenters. The molecule has 0 aliphatic rings. The Morgan fingerprint density at radius 2 is 2.08 bits per heavy atom. The van der Waals surface area contributed by atoms with E-state index < -0.39 is 0 Å². The SMILES string of the molecule is O=Cc1cccc(/C=C/CBr)c1. The predicted molar refractivity (Wildman–Crippen MR) is 54.7 cm³/mol. The second-order valence-corrected chi connectivity index (χ2v) is 2.99. The van der Waals surface area contributed by atoms with Gasteiger partial charge < -0.3 is 0 Å². The van der Waals surface area contributed by atoms with Gasteiger partial charge in [-0.2, -0.15) is 0 Å². The Labute approximate surface area is 80.2 Å². The van der Waals surface area contributed by atoms with E-state index in [0.29, 0.717) is 5.56 Å². The fourth-order valence-electron chi connectivity index (χ4n) is 0.917. The lowest BCUT2D eigenvalue weighted by Crippen LogP contribution is -1.79. The lowest BCUT2D eigenvalue weighted by atomic mass is 10.1. The van der Waals surface area contributed by atoms with E-state index in [1.54, 1.807) is 6.07 Å². The molecule has 0 spiro atoms. The monoisotopic (exact) mass is 224 g/mol. The summed E-state index contributed by atoms with van der Waals surface area (Å²) in [5.74, 6) is 0. The first-order chi connectivity index (χ1) is 5.86. The molecule has 0 radical (unpaired) electrons. The average molecular weight is 225 g/mol. The molecule has 2 heteroatoms. The lowest BCUT2D eigenvalue weighted by Gasteiger charge is -1.93. The van der Waals surface area contributed by atoms with Crippen molar-refractivity contribution in [1.29, 1.82) is 0 Å². The Kier molecular flexibility index (Phi) is 3.74. The number of hydrogen-bond acceptors (Lipinski definition) is 1. The number of alkyl halides is 1. The molecule has 0 aliphatic heterocycles. The molecule has 0 aliphatic carbocycles. The van der Waals surface area contributed by atoms with Crippen molar-refractivity contribution in [1.82, 2.24) is 0 Å². The Morgan fingerprint density at radius 3 is 2.75 bits per heavy atom. The highest BCUT2D eigenvalue weighted by Crippen LogP contribution is 2.05. The summed E-state index contributed by atoms with van der Waals surface area (Å²) in [6.45, 7) is 0. The van der Waals surface area contributed by atoms with Crippen LogP contribution >= 0.6 is 15.9 Å². The van der Waals surface area contributed by atoms with E-state index in [2.05, 4.69) is 15.9 Å². The van der Waals surface area contributed by atoms with E-state index in [-0.39, 0.29) is 0 Å². The molecular formula is C10H9BrO. The summed E-state index contributed by atoms with van der Waals surface area (Å²) in [7, 11) is 0. The number of aldehydes is 1. The molecule has 0 heterocycles. The second kappa shape index (κ2) is 4.88. The summed E-state index contributed by atoms with van der Waals surface area (Å²) in [4.78, 5) is 10.4. The standard InChI is InChI=1S/C10H9BrO/c11-6-2-5-9-3-1-4-10(7-9)8-12/h1-5,7-8H,6H2/b5-2+. The van der Waals surface area contributed by atoms with Crippen molar-refractivity contribution in [3.63, 3.8) is 0 Å². The predicted octanol–water partition coefficient (Wildman–Crippen LogP) is 2.91. The number of allylic oxidation sites excluding steroid dienone is 1. The summed E-state index contributed by atoms with van der Waals surface area (Å²) >= 11 is 3.29. The molecule has 0 fully saturated rings. The van der Waals surface area contributed by atoms with E-state index >= 15 is 0 Å². The number of carbonyl (C=O) groups excluding carboxylic acids is 1. The largest absolute Gasteiger partial charge is 0.298 e. The first kappa shape index (κ1) is 9.20. The van der Waals surface area contributed by atoms with Crippen molar-refractivity contribution >= 4 is 28.3 Å². The summed E-state index contributed by atoms with van der Waals surface area (Å²) < 4.78 is 0. The third-order valence-electron chi connectivity index (χ3n) is 1.45. The van der Waals surface area contributed by atoms with E-state index in [9.17, 15) is 4.79 Å². The molecule has 1 rings (SSSR count). The first-order valence-electron chi connectivity index (χ1n) is 3.64. The molecule has 0 saturated heterocycles. The minimum atomic E-state index is 0.715. The molecule has 0 amide bonds. The van der Waals surface area contributed by atoms with Crippen molar-refractivity contribution in [3.05, 3.63) is 41.5 Å². The number of hydrogen-bond donors (Lipinski definition) is 0. The highest BCUT2D eigenvalue weighted by molar-refractivity contribution is 9.09. The van der Waals surface area contributed by atoms with E-state index in [1.165, 1.54) is 0 Å². The zero-order valence-electron chi connectivity index (χ0n) is 6.53. The Balaban J connectivity index is 2.86. The van der Waals surface area contributed by atoms with Gasteiger partial charge in [0, 0.05) is 10.9 Å². The van der Waals surface area contributed by atoms with Crippen LogP contribution in [0.4, 0.5) is 0 Å². The van der Waals surface area contributed by atoms with Gasteiger partial charge in [-0.1, -0.05) is 46.3 Å². The maximum atomic E-state index is 10.4. The lowest BCUT2D eigenvalue weighted by molar-refractivity contribution is 0.112. The van der Waals surface area contributed by atoms with Gasteiger partial charge in [0.2, 0.25) is 0 Å². The molecule has 0 bridgehead atoms. The average Bonchev–Trinajstić information content (AvgIpc) is 2.15. The molecule has 62 valence electrons. The topological polar surface area (TPSA) is 17.1 Å². The van der Waals surface area contributed by atoms with Gasteiger partial charge in [0.05, 0.1) is 0 Å². The fraction of sp³-hybridized carbons (Fsp3) is 0.100. The molecule has 0 N–H and O–H groups in total. The van der Waals surface area contributed by atoms with Crippen LogP contribution in [-0.4, -0.2) is 11.6 Å². The third kappa shape index (κ3) is 2.62. The summed E-state index contributed by atoms with van der Waals surface area (Å²) in [5.41, 5.74) is 1.77. The summed E-state index contributed by atoms with van der Waals surface area (Å²) in [6, 6.07) is 7.48. The van der Waals surface area contributed by atoms with Crippen LogP contribution in [0.1, 0.15) is 15.9 Å². The van der Waals surface area contributed by atoms with Gasteiger partial charge in [-0.15, -0.1) is 0 Å². The molecule has 0 atom stereocenters. The van der Waals surface area contributed by atoms with Gasteiger partial charge in [0.25, 0.3) is 0 Å². The van der Waals surface area contributed by atoms with Crippen LogP contribution < -0.4 is 0 Å². The highest BCUT2D eigenvalue weighted by Gasteiger charge is 1.89. The van der Waals surface area contributed by atoms with Gasteiger partial charge in [0.15, 0.2) is 0 Å². The van der Waals surface area contributed by atoms with E-state index in [1.807, 2.05) is 30.4 Å². The van der Waals surface area contributed by atoms with Crippen LogP contribution in [-0.2, 0) is 0 Å². The van der Waals surface area contributed by atoms with Crippen molar-refractivity contribution in [2.24, 2.45) is 0 Å². The minimum Gasteiger partial charge on any atom is -0.298 e. The van der Waals surface area contributed by atoms with Crippen molar-refractivity contribution in [3.8, 4) is 0 Å². The van der Waals surface area contributed by atoms with Gasteiger partial charge in [-0.05, 0) is 11.6 Å². The van der Waals surface area contributed by atoms with Crippen molar-refractivity contribution in [2.45, 2.75) is 0 Å². The Bertz CT molecular complexity index is 292. The molecular weight excluding hydrogens is 216 g/mol. The van der Waals surface area contributed by atoms with Crippen molar-refractivity contribution < 1.29 is 4.79 Å². The molecule has 1 aromatic rings. The molecule has 0 saturated carbocycles. The molecule has 12 heavy (non-hydrogen) atoms. The first-order valence-corrected chi connectivity index (χ1v) is 4.76. The number of halogens is 1. The van der Waals surface area contributed by atoms with E-state index in [0.717, 1.165) is 17.2 Å². The van der Waals surface area contributed by atoms with Crippen molar-refractivity contribution in [2.75, 3.05) is 5.33 Å². The molecule has 1 nitrogen and oxygen atoms in total. The van der Waals surface area contributed by atoms with Crippen LogP contribution in [0.15, 0.2) is 30.3 Å². The van der Waals surface area contributed by atoms with Gasteiger partial charge in [-0.25, -0.2) is 0 Å². The zero-order chi connectivity index (χ0) is 8.81. The number of rotatable bonds is 3. The van der Waals surface area contributed by atoms with Crippen LogP contribution in [0.3, 0.4) is 0 Å². The van der Waals surface area contributed by atoms with Gasteiger partial charge >= 0.3 is 0 Å². The Morgan fingerprint density at radius 1 is 1.33 bits per heavy atom. The third-order valence-corrected chi connectivity index (χ3v) is 1.82. The Hall–Kier alpha value is -0.890. The van der Waals surface area contributed by atoms with E-state index in [4.69, 9.17) is 0 Å². The van der Waals surface area contributed by atoms with Crippen LogP contribution in [0, 0.1) is 0 Å². The molecule has 1 aromatic carbocycles. The summed E-state index contributed by atoms with van der Waals surface area (Å²) in [6.07, 6.45) is 4.82. The maximum absolute atomic E-state index is 10.4. The molecule has 0 aromatic heterocycles. The number of carbonyl (C=O) groups is 1. The minimum absolute atomic E-state index is 0.715. The maximum Gasteiger partial charge on any atom is 0.150 e. The zero-order valence-corrected chi connectivity index (χ0v) is 8.12. The fourth-order valence-corrected chi connectivity index (χ4v) is 1.10. The van der Waals surface area contributed by atoms with Crippen LogP contribution in [0.2, 0.25) is 0 Å². The van der Waals surface area contributed by atoms with Gasteiger partial charge in [0.1, 0.15) is 6.29 Å².